The molecule has 0 aliphatic heterocycles. The van der Waals surface area contributed by atoms with Gasteiger partial charge in [-0.1, -0.05) is 0 Å². The average molecular weight is 243 g/mol. The van der Waals surface area contributed by atoms with Crippen LogP contribution in [-0.2, 0) is 6.42 Å². The summed E-state index contributed by atoms with van der Waals surface area (Å²) in [5.41, 5.74) is 3.41. The second-order valence-corrected chi connectivity index (χ2v) is 4.72. The zero-order valence-corrected chi connectivity index (χ0v) is 10.7. The standard InChI is InChI=1S/C14H17N3O/c1-9-10(6-7-18-9)14-16-8-11-12(15-2)4-3-5-13(11)17-14/h6-8,12,15H,3-5H2,1-2H3. The lowest BCUT2D eigenvalue weighted by Crippen LogP contribution is -2.22. The minimum atomic E-state index is 0.397. The third kappa shape index (κ3) is 1.82. The van der Waals surface area contributed by atoms with E-state index in [1.807, 2.05) is 26.2 Å². The van der Waals surface area contributed by atoms with Gasteiger partial charge in [0.05, 0.1) is 11.8 Å². The lowest BCUT2D eigenvalue weighted by Gasteiger charge is -2.24. The first kappa shape index (κ1) is 11.4. The van der Waals surface area contributed by atoms with Crippen molar-refractivity contribution in [2.24, 2.45) is 0 Å². The van der Waals surface area contributed by atoms with Crippen molar-refractivity contribution >= 4 is 0 Å². The van der Waals surface area contributed by atoms with Crippen LogP contribution in [0.1, 0.15) is 35.9 Å². The first-order valence-corrected chi connectivity index (χ1v) is 6.37. The molecule has 94 valence electrons. The molecule has 0 bridgehead atoms. The van der Waals surface area contributed by atoms with Crippen molar-refractivity contribution in [2.45, 2.75) is 32.2 Å². The maximum atomic E-state index is 5.31. The van der Waals surface area contributed by atoms with E-state index < -0.39 is 0 Å². The van der Waals surface area contributed by atoms with Crippen LogP contribution < -0.4 is 5.32 Å². The largest absolute Gasteiger partial charge is 0.469 e. The summed E-state index contributed by atoms with van der Waals surface area (Å²) in [6.45, 7) is 1.94. The highest BCUT2D eigenvalue weighted by atomic mass is 16.3. The number of nitrogens with one attached hydrogen (secondary N) is 1. The Morgan fingerprint density at radius 1 is 1.44 bits per heavy atom. The van der Waals surface area contributed by atoms with Crippen LogP contribution in [0.5, 0.6) is 0 Å². The van der Waals surface area contributed by atoms with Crippen molar-refractivity contribution < 1.29 is 4.42 Å². The summed E-state index contributed by atoms with van der Waals surface area (Å²) < 4.78 is 5.31. The Morgan fingerprint density at radius 3 is 3.06 bits per heavy atom. The Hall–Kier alpha value is -1.68. The molecular weight excluding hydrogens is 226 g/mol. The molecule has 1 atom stereocenters. The van der Waals surface area contributed by atoms with E-state index >= 15 is 0 Å². The molecule has 4 heteroatoms. The van der Waals surface area contributed by atoms with Gasteiger partial charge < -0.3 is 9.73 Å². The topological polar surface area (TPSA) is 51.0 Å². The summed E-state index contributed by atoms with van der Waals surface area (Å²) in [7, 11) is 1.99. The fourth-order valence-corrected chi connectivity index (χ4v) is 2.59. The smallest absolute Gasteiger partial charge is 0.162 e. The fourth-order valence-electron chi connectivity index (χ4n) is 2.59. The molecule has 1 unspecified atom stereocenters. The van der Waals surface area contributed by atoms with Gasteiger partial charge in [-0.05, 0) is 39.3 Å². The number of hydrogen-bond acceptors (Lipinski definition) is 4. The van der Waals surface area contributed by atoms with E-state index in [1.165, 1.54) is 17.7 Å². The van der Waals surface area contributed by atoms with Crippen molar-refractivity contribution in [1.29, 1.82) is 0 Å². The normalized spacial score (nSPS) is 18.7. The average Bonchev–Trinajstić information content (AvgIpc) is 2.83. The van der Waals surface area contributed by atoms with Gasteiger partial charge in [-0.3, -0.25) is 0 Å². The van der Waals surface area contributed by atoms with Gasteiger partial charge in [0, 0.05) is 23.5 Å². The summed E-state index contributed by atoms with van der Waals surface area (Å²) in [5.74, 6) is 1.65. The van der Waals surface area contributed by atoms with E-state index in [-0.39, 0.29) is 0 Å². The van der Waals surface area contributed by atoms with E-state index in [9.17, 15) is 0 Å². The first-order valence-electron chi connectivity index (χ1n) is 6.37. The number of aromatic nitrogens is 2. The highest BCUT2D eigenvalue weighted by molar-refractivity contribution is 5.57. The van der Waals surface area contributed by atoms with Gasteiger partial charge in [0.25, 0.3) is 0 Å². The van der Waals surface area contributed by atoms with Crippen LogP contribution in [0.3, 0.4) is 0 Å². The van der Waals surface area contributed by atoms with Crippen LogP contribution in [0.4, 0.5) is 0 Å². The maximum absolute atomic E-state index is 5.31. The highest BCUT2D eigenvalue weighted by Gasteiger charge is 2.21. The molecule has 1 N–H and O–H groups in total. The van der Waals surface area contributed by atoms with Crippen molar-refractivity contribution in [3.05, 3.63) is 35.5 Å². The fraction of sp³-hybridized carbons (Fsp3) is 0.429. The van der Waals surface area contributed by atoms with Crippen LogP contribution in [0.25, 0.3) is 11.4 Å². The van der Waals surface area contributed by atoms with Crippen LogP contribution in [-0.4, -0.2) is 17.0 Å². The van der Waals surface area contributed by atoms with Gasteiger partial charge in [-0.2, -0.15) is 0 Å². The second kappa shape index (κ2) is 4.53. The molecule has 0 amide bonds. The van der Waals surface area contributed by atoms with Crippen LogP contribution in [0, 0.1) is 6.92 Å². The summed E-state index contributed by atoms with van der Waals surface area (Å²) in [4.78, 5) is 9.19. The summed E-state index contributed by atoms with van der Waals surface area (Å²) in [5, 5.41) is 3.33. The third-order valence-electron chi connectivity index (χ3n) is 3.63. The third-order valence-corrected chi connectivity index (χ3v) is 3.63. The second-order valence-electron chi connectivity index (χ2n) is 4.72. The van der Waals surface area contributed by atoms with Gasteiger partial charge in [0.1, 0.15) is 5.76 Å². The quantitative estimate of drug-likeness (QED) is 0.881. The van der Waals surface area contributed by atoms with Crippen molar-refractivity contribution in [3.63, 3.8) is 0 Å². The Kier molecular flexibility index (Phi) is 2.88. The molecule has 0 radical (unpaired) electrons. The Labute approximate surface area is 106 Å². The SMILES string of the molecule is CNC1CCCc2nc(-c3ccoc3C)ncc21. The Bertz CT molecular complexity index is 562. The van der Waals surface area contributed by atoms with Crippen LogP contribution in [0.15, 0.2) is 22.9 Å². The van der Waals surface area contributed by atoms with E-state index in [0.29, 0.717) is 6.04 Å². The molecule has 0 saturated carbocycles. The number of furan rings is 1. The van der Waals surface area contributed by atoms with Gasteiger partial charge >= 0.3 is 0 Å². The molecular formula is C14H17N3O. The molecule has 4 nitrogen and oxygen atoms in total. The van der Waals surface area contributed by atoms with Crippen molar-refractivity contribution in [2.75, 3.05) is 7.05 Å². The van der Waals surface area contributed by atoms with Crippen molar-refractivity contribution in [1.82, 2.24) is 15.3 Å². The predicted molar refractivity (Wildman–Crippen MR) is 69.2 cm³/mol. The molecule has 0 aromatic carbocycles. The maximum Gasteiger partial charge on any atom is 0.162 e. The summed E-state index contributed by atoms with van der Waals surface area (Å²) >= 11 is 0. The molecule has 1 aliphatic rings. The summed E-state index contributed by atoms with van der Waals surface area (Å²) in [6, 6.07) is 2.32. The first-order chi connectivity index (χ1) is 8.79. The molecule has 2 aromatic rings. The molecule has 2 aromatic heterocycles. The molecule has 3 rings (SSSR count). The number of fused-ring (bicyclic) bond motifs is 1. The number of nitrogens with zero attached hydrogens (tertiary/aromatic N) is 2. The number of aryl methyl sites for hydroxylation is 2. The highest BCUT2D eigenvalue weighted by Crippen LogP contribution is 2.29. The lowest BCUT2D eigenvalue weighted by atomic mass is 9.92. The minimum Gasteiger partial charge on any atom is -0.469 e. The van der Waals surface area contributed by atoms with Crippen LogP contribution >= 0.6 is 0 Å². The van der Waals surface area contributed by atoms with Gasteiger partial charge in [-0.15, -0.1) is 0 Å². The lowest BCUT2D eigenvalue weighted by molar-refractivity contribution is 0.487. The van der Waals surface area contributed by atoms with Gasteiger partial charge in [0.2, 0.25) is 0 Å². The minimum absolute atomic E-state index is 0.397. The summed E-state index contributed by atoms with van der Waals surface area (Å²) in [6.07, 6.45) is 7.03. The number of hydrogen-bond donors (Lipinski definition) is 1. The van der Waals surface area contributed by atoms with Crippen LogP contribution in [0.2, 0.25) is 0 Å². The monoisotopic (exact) mass is 243 g/mol. The Morgan fingerprint density at radius 2 is 2.33 bits per heavy atom. The zero-order valence-electron chi connectivity index (χ0n) is 10.7. The Balaban J connectivity index is 2.04. The van der Waals surface area contributed by atoms with E-state index in [0.717, 1.165) is 30.0 Å². The van der Waals surface area contributed by atoms with Gasteiger partial charge in [0.15, 0.2) is 5.82 Å². The van der Waals surface area contributed by atoms with E-state index in [4.69, 9.17) is 9.40 Å². The molecule has 0 saturated heterocycles. The molecule has 0 fully saturated rings. The molecule has 1 aliphatic carbocycles. The predicted octanol–water partition coefficient (Wildman–Crippen LogP) is 2.64. The van der Waals surface area contributed by atoms with E-state index in [2.05, 4.69) is 10.3 Å². The zero-order chi connectivity index (χ0) is 12.5. The molecule has 2 heterocycles. The van der Waals surface area contributed by atoms with Gasteiger partial charge in [-0.25, -0.2) is 9.97 Å². The molecule has 18 heavy (non-hydrogen) atoms. The van der Waals surface area contributed by atoms with Crippen molar-refractivity contribution in [3.8, 4) is 11.4 Å². The molecule has 0 spiro atoms. The number of rotatable bonds is 2. The van der Waals surface area contributed by atoms with E-state index in [1.54, 1.807) is 6.26 Å².